The zero-order valence-electron chi connectivity index (χ0n) is 14.7. The number of aryl methyl sites for hydroxylation is 4. The van der Waals surface area contributed by atoms with Gasteiger partial charge in [0.05, 0.1) is 5.52 Å². The minimum Gasteiger partial charge on any atom is -0.351 e. The molecule has 2 aromatic heterocycles. The highest BCUT2D eigenvalue weighted by atomic mass is 14.9. The van der Waals surface area contributed by atoms with E-state index in [0.717, 1.165) is 11.9 Å². The molecule has 0 radical (unpaired) electrons. The molecule has 24 heavy (non-hydrogen) atoms. The average molecular weight is 314 g/mol. The van der Waals surface area contributed by atoms with Crippen molar-refractivity contribution in [2.45, 2.75) is 27.2 Å². The molecule has 2 nitrogen and oxygen atoms in total. The summed E-state index contributed by atoms with van der Waals surface area (Å²) in [6.45, 7) is 6.50. The lowest BCUT2D eigenvalue weighted by Crippen LogP contribution is -1.95. The van der Waals surface area contributed by atoms with E-state index in [1.54, 1.807) is 0 Å². The monoisotopic (exact) mass is 314 g/mol. The Balaban J connectivity index is 1.77. The smallest absolute Gasteiger partial charge is 0.0704 e. The highest BCUT2D eigenvalue weighted by Gasteiger charge is 2.07. The summed E-state index contributed by atoms with van der Waals surface area (Å²) in [4.78, 5) is 4.67. The third-order valence-electron chi connectivity index (χ3n) is 5.09. The van der Waals surface area contributed by atoms with Crippen LogP contribution in [0.1, 0.15) is 27.8 Å². The Labute approximate surface area is 142 Å². The minimum atomic E-state index is 0.919. The zero-order chi connectivity index (χ0) is 16.8. The van der Waals surface area contributed by atoms with Crippen LogP contribution in [0.25, 0.3) is 21.8 Å². The molecule has 2 heteroatoms. The van der Waals surface area contributed by atoms with E-state index in [-0.39, 0.29) is 0 Å². The molecule has 0 saturated carbocycles. The summed E-state index contributed by atoms with van der Waals surface area (Å²) in [6.07, 6.45) is 5.06. The summed E-state index contributed by atoms with van der Waals surface area (Å²) in [5, 5.41) is 2.54. The van der Waals surface area contributed by atoms with Crippen LogP contribution in [-0.4, -0.2) is 9.55 Å². The number of aromatic nitrogens is 2. The van der Waals surface area contributed by atoms with Crippen molar-refractivity contribution in [3.63, 3.8) is 0 Å². The van der Waals surface area contributed by atoms with Crippen LogP contribution in [0.5, 0.6) is 0 Å². The van der Waals surface area contributed by atoms with Crippen LogP contribution >= 0.6 is 0 Å². The topological polar surface area (TPSA) is 17.8 Å². The summed E-state index contributed by atoms with van der Waals surface area (Å²) in [6, 6.07) is 13.5. The van der Waals surface area contributed by atoms with Crippen molar-refractivity contribution >= 4 is 21.8 Å². The lowest BCUT2D eigenvalue weighted by molar-refractivity contribution is 0.966. The molecular weight excluding hydrogens is 292 g/mol. The number of nitrogens with zero attached hydrogens (tertiary/aromatic N) is 2. The van der Waals surface area contributed by atoms with Gasteiger partial charge in [0.1, 0.15) is 0 Å². The Bertz CT molecular complexity index is 1070. The van der Waals surface area contributed by atoms with Gasteiger partial charge in [-0.15, -0.1) is 0 Å². The van der Waals surface area contributed by atoms with Crippen molar-refractivity contribution in [1.29, 1.82) is 0 Å². The molecule has 2 heterocycles. The summed E-state index contributed by atoms with van der Waals surface area (Å²) in [7, 11) is 2.10. The summed E-state index contributed by atoms with van der Waals surface area (Å²) >= 11 is 0. The van der Waals surface area contributed by atoms with Gasteiger partial charge in [-0.1, -0.05) is 0 Å². The van der Waals surface area contributed by atoms with Gasteiger partial charge in [0, 0.05) is 30.3 Å². The molecule has 0 N–H and O–H groups in total. The van der Waals surface area contributed by atoms with E-state index in [2.05, 4.69) is 80.0 Å². The first kappa shape index (κ1) is 14.9. The first-order valence-electron chi connectivity index (χ1n) is 8.42. The van der Waals surface area contributed by atoms with Gasteiger partial charge in [0.25, 0.3) is 0 Å². The van der Waals surface area contributed by atoms with Crippen LogP contribution in [0.4, 0.5) is 0 Å². The largest absolute Gasteiger partial charge is 0.351 e. The van der Waals surface area contributed by atoms with Crippen LogP contribution in [-0.2, 0) is 13.5 Å². The van der Waals surface area contributed by atoms with E-state index in [9.17, 15) is 0 Å². The Morgan fingerprint density at radius 3 is 2.46 bits per heavy atom. The van der Waals surface area contributed by atoms with Gasteiger partial charge in [0.15, 0.2) is 0 Å². The molecular formula is C22H22N2. The number of fused-ring (bicyclic) bond motifs is 2. The molecule has 0 aliphatic heterocycles. The third-order valence-corrected chi connectivity index (χ3v) is 5.09. The number of pyridine rings is 1. The SMILES string of the molecule is Cc1cc2cc(Cc3cc4c(ccn4C)cc3C)cnc2cc1C. The standard InChI is InChI=1S/C22H22N2/c1-14-7-20-11-17(13-23-21(20)9-15(14)2)10-19-12-22-18(8-16(19)3)5-6-24(22)4/h5-9,11-13H,10H2,1-4H3. The van der Waals surface area contributed by atoms with Crippen LogP contribution in [0.2, 0.25) is 0 Å². The van der Waals surface area contributed by atoms with Crippen molar-refractivity contribution in [3.8, 4) is 0 Å². The fourth-order valence-electron chi connectivity index (χ4n) is 3.42. The molecule has 4 aromatic rings. The first-order valence-corrected chi connectivity index (χ1v) is 8.42. The van der Waals surface area contributed by atoms with Gasteiger partial charge < -0.3 is 4.57 Å². The van der Waals surface area contributed by atoms with E-state index in [1.807, 2.05) is 6.20 Å². The Morgan fingerprint density at radius 1 is 0.875 bits per heavy atom. The van der Waals surface area contributed by atoms with Crippen molar-refractivity contribution < 1.29 is 0 Å². The Hall–Kier alpha value is -2.61. The van der Waals surface area contributed by atoms with E-state index >= 15 is 0 Å². The second-order valence-corrected chi connectivity index (χ2v) is 6.91. The zero-order valence-corrected chi connectivity index (χ0v) is 14.7. The Kier molecular flexibility index (Phi) is 3.42. The molecule has 0 aliphatic carbocycles. The number of benzene rings is 2. The second-order valence-electron chi connectivity index (χ2n) is 6.91. The van der Waals surface area contributed by atoms with E-state index < -0.39 is 0 Å². The number of hydrogen-bond donors (Lipinski definition) is 0. The molecule has 0 bridgehead atoms. The van der Waals surface area contributed by atoms with Crippen molar-refractivity contribution in [3.05, 3.63) is 76.6 Å². The maximum absolute atomic E-state index is 4.67. The normalized spacial score (nSPS) is 11.5. The summed E-state index contributed by atoms with van der Waals surface area (Å²) in [5.74, 6) is 0. The molecule has 0 unspecified atom stereocenters. The van der Waals surface area contributed by atoms with E-state index in [1.165, 1.54) is 44.1 Å². The minimum absolute atomic E-state index is 0.919. The highest BCUT2D eigenvalue weighted by Crippen LogP contribution is 2.24. The lowest BCUT2D eigenvalue weighted by atomic mass is 9.98. The third kappa shape index (κ3) is 2.48. The van der Waals surface area contributed by atoms with Crippen molar-refractivity contribution in [1.82, 2.24) is 9.55 Å². The molecule has 0 saturated heterocycles. The maximum atomic E-state index is 4.67. The van der Waals surface area contributed by atoms with Gasteiger partial charge >= 0.3 is 0 Å². The van der Waals surface area contributed by atoms with Crippen LogP contribution in [0, 0.1) is 20.8 Å². The van der Waals surface area contributed by atoms with Crippen molar-refractivity contribution in [2.24, 2.45) is 7.05 Å². The average Bonchev–Trinajstić information content (AvgIpc) is 2.90. The van der Waals surface area contributed by atoms with Crippen LogP contribution in [0.15, 0.2) is 48.8 Å². The first-order chi connectivity index (χ1) is 11.5. The van der Waals surface area contributed by atoms with Gasteiger partial charge in [-0.3, -0.25) is 4.98 Å². The van der Waals surface area contributed by atoms with Gasteiger partial charge in [-0.25, -0.2) is 0 Å². The lowest BCUT2D eigenvalue weighted by Gasteiger charge is -2.09. The predicted molar refractivity (Wildman–Crippen MR) is 102 cm³/mol. The molecule has 4 rings (SSSR count). The molecule has 0 fully saturated rings. The van der Waals surface area contributed by atoms with Gasteiger partial charge in [-0.05, 0) is 96.8 Å². The molecule has 0 spiro atoms. The Morgan fingerprint density at radius 2 is 1.62 bits per heavy atom. The quantitative estimate of drug-likeness (QED) is 0.494. The number of hydrogen-bond acceptors (Lipinski definition) is 1. The molecule has 0 atom stereocenters. The van der Waals surface area contributed by atoms with Gasteiger partial charge in [0.2, 0.25) is 0 Å². The number of rotatable bonds is 2. The predicted octanol–water partition coefficient (Wildman–Crippen LogP) is 5.24. The van der Waals surface area contributed by atoms with E-state index in [4.69, 9.17) is 0 Å². The summed E-state index contributed by atoms with van der Waals surface area (Å²) in [5.41, 5.74) is 8.97. The second kappa shape index (κ2) is 5.48. The molecule has 2 aromatic carbocycles. The van der Waals surface area contributed by atoms with E-state index in [0.29, 0.717) is 0 Å². The molecule has 0 aliphatic rings. The highest BCUT2D eigenvalue weighted by molar-refractivity contribution is 5.83. The fourth-order valence-corrected chi connectivity index (χ4v) is 3.42. The van der Waals surface area contributed by atoms with Crippen molar-refractivity contribution in [2.75, 3.05) is 0 Å². The van der Waals surface area contributed by atoms with Gasteiger partial charge in [-0.2, -0.15) is 0 Å². The molecule has 0 amide bonds. The van der Waals surface area contributed by atoms with Crippen LogP contribution < -0.4 is 0 Å². The molecule has 120 valence electrons. The summed E-state index contributed by atoms with van der Waals surface area (Å²) < 4.78 is 2.18. The maximum Gasteiger partial charge on any atom is 0.0704 e. The fraction of sp³-hybridized carbons (Fsp3) is 0.227. The van der Waals surface area contributed by atoms with Crippen LogP contribution in [0.3, 0.4) is 0 Å².